The highest BCUT2D eigenvalue weighted by Gasteiger charge is 2.19. The van der Waals surface area contributed by atoms with Crippen LogP contribution < -0.4 is 16.0 Å². The second-order valence-electron chi connectivity index (χ2n) is 7.90. The number of amides is 2. The number of rotatable bonds is 8. The van der Waals surface area contributed by atoms with Gasteiger partial charge in [0.05, 0.1) is 18.4 Å². The van der Waals surface area contributed by atoms with Crippen LogP contribution in [0.25, 0.3) is 5.69 Å². The molecule has 0 aliphatic carbocycles. The third kappa shape index (κ3) is 5.53. The van der Waals surface area contributed by atoms with Crippen LogP contribution in [0, 0.1) is 0 Å². The van der Waals surface area contributed by atoms with E-state index in [9.17, 15) is 9.59 Å². The maximum absolute atomic E-state index is 12.4. The van der Waals surface area contributed by atoms with Gasteiger partial charge in [0.25, 0.3) is 0 Å². The van der Waals surface area contributed by atoms with Crippen LogP contribution in [0.15, 0.2) is 67.0 Å². The first-order valence-electron chi connectivity index (χ1n) is 10.8. The minimum Gasteiger partial charge on any atom is -0.369 e. The van der Waals surface area contributed by atoms with Gasteiger partial charge in [-0.25, -0.2) is 4.68 Å². The lowest BCUT2D eigenvalue weighted by atomic mass is 10.1. The maximum Gasteiger partial charge on any atom is 0.248 e. The van der Waals surface area contributed by atoms with Crippen molar-refractivity contribution >= 4 is 17.5 Å². The van der Waals surface area contributed by atoms with Gasteiger partial charge in [-0.15, -0.1) is 0 Å². The first-order valence-corrected chi connectivity index (χ1v) is 10.8. The Morgan fingerprint density at radius 2 is 1.66 bits per heavy atom. The summed E-state index contributed by atoms with van der Waals surface area (Å²) in [6.07, 6.45) is 4.58. The van der Waals surface area contributed by atoms with E-state index in [2.05, 4.69) is 20.2 Å². The number of nitrogens with two attached hydrogens (primary N) is 1. The van der Waals surface area contributed by atoms with Crippen molar-refractivity contribution in [1.29, 1.82) is 0 Å². The fraction of sp³-hybridized carbons (Fsp3) is 0.292. The monoisotopic (exact) mass is 432 g/mol. The number of carbonyl (C=O) groups excluding carboxylic acids is 2. The third-order valence-electron chi connectivity index (χ3n) is 5.65. The summed E-state index contributed by atoms with van der Waals surface area (Å²) >= 11 is 0. The molecule has 3 N–H and O–H groups in total. The van der Waals surface area contributed by atoms with Crippen molar-refractivity contribution < 1.29 is 9.59 Å². The predicted octanol–water partition coefficient (Wildman–Crippen LogP) is 1.45. The van der Waals surface area contributed by atoms with Gasteiger partial charge >= 0.3 is 0 Å². The fourth-order valence-electron chi connectivity index (χ4n) is 3.82. The van der Waals surface area contributed by atoms with Gasteiger partial charge in [0.15, 0.2) is 0 Å². The van der Waals surface area contributed by atoms with Crippen LogP contribution in [0.1, 0.15) is 15.9 Å². The molecule has 2 aromatic carbocycles. The highest BCUT2D eigenvalue weighted by atomic mass is 16.2. The van der Waals surface area contributed by atoms with E-state index < -0.39 is 5.91 Å². The Hall–Kier alpha value is -3.65. The molecule has 1 aliphatic heterocycles. The fourth-order valence-corrected chi connectivity index (χ4v) is 3.82. The van der Waals surface area contributed by atoms with E-state index in [1.807, 2.05) is 59.5 Å². The Morgan fingerprint density at radius 1 is 0.938 bits per heavy atom. The van der Waals surface area contributed by atoms with Crippen LogP contribution in [0.4, 0.5) is 5.69 Å². The zero-order valence-electron chi connectivity index (χ0n) is 18.0. The quantitative estimate of drug-likeness (QED) is 0.562. The molecule has 0 spiro atoms. The van der Waals surface area contributed by atoms with Crippen LogP contribution in [-0.4, -0.2) is 65.8 Å². The molecular formula is C24H28N6O2. The van der Waals surface area contributed by atoms with E-state index in [0.717, 1.165) is 49.5 Å². The standard InChI is InChI=1S/C24H28N6O2/c25-24(32)20-6-8-21(9-7-20)29-14-12-28(13-15-29)18-23(31)26-11-10-19-16-27-30(17-19)22-4-2-1-3-5-22/h1-9,16-17H,10-15,18H2,(H2,25,32)(H,26,31). The van der Waals surface area contributed by atoms with E-state index in [-0.39, 0.29) is 5.91 Å². The molecule has 2 heterocycles. The molecule has 0 unspecified atom stereocenters. The molecule has 0 saturated carbocycles. The molecule has 1 fully saturated rings. The van der Waals surface area contributed by atoms with Crippen LogP contribution in [0.5, 0.6) is 0 Å². The second kappa shape index (κ2) is 10.1. The SMILES string of the molecule is NC(=O)c1ccc(N2CCN(CC(=O)NCCc3cnn(-c4ccccc4)c3)CC2)cc1. The summed E-state index contributed by atoms with van der Waals surface area (Å²) in [5.41, 5.74) is 8.98. The van der Waals surface area contributed by atoms with Gasteiger partial charge in [0.2, 0.25) is 11.8 Å². The van der Waals surface area contributed by atoms with Gasteiger partial charge < -0.3 is 16.0 Å². The zero-order valence-corrected chi connectivity index (χ0v) is 18.0. The molecule has 166 valence electrons. The molecule has 1 aliphatic rings. The van der Waals surface area contributed by atoms with Gasteiger partial charge in [-0.2, -0.15) is 5.10 Å². The summed E-state index contributed by atoms with van der Waals surface area (Å²) in [7, 11) is 0. The summed E-state index contributed by atoms with van der Waals surface area (Å²) in [6.45, 7) is 4.29. The first kappa shape index (κ1) is 21.6. The molecule has 2 amide bonds. The summed E-state index contributed by atoms with van der Waals surface area (Å²) in [4.78, 5) is 28.0. The van der Waals surface area contributed by atoms with Crippen LogP contribution in [-0.2, 0) is 11.2 Å². The van der Waals surface area contributed by atoms with Gasteiger partial charge in [0.1, 0.15) is 0 Å². The number of primary amides is 1. The highest BCUT2D eigenvalue weighted by Crippen LogP contribution is 2.17. The molecule has 3 aromatic rings. The topological polar surface area (TPSA) is 96.5 Å². The number of piperazine rings is 1. The lowest BCUT2D eigenvalue weighted by Crippen LogP contribution is -2.49. The van der Waals surface area contributed by atoms with Crippen molar-refractivity contribution in [2.75, 3.05) is 44.2 Å². The number of hydrogen-bond donors (Lipinski definition) is 2. The van der Waals surface area contributed by atoms with Crippen molar-refractivity contribution in [1.82, 2.24) is 20.0 Å². The third-order valence-corrected chi connectivity index (χ3v) is 5.65. The van der Waals surface area contributed by atoms with E-state index >= 15 is 0 Å². The molecule has 0 radical (unpaired) electrons. The van der Waals surface area contributed by atoms with Gasteiger partial charge in [-0.1, -0.05) is 18.2 Å². The minimum atomic E-state index is -0.419. The Labute approximate surface area is 187 Å². The van der Waals surface area contributed by atoms with Crippen molar-refractivity contribution in [3.8, 4) is 5.69 Å². The van der Waals surface area contributed by atoms with Crippen molar-refractivity contribution in [3.63, 3.8) is 0 Å². The number of anilines is 1. The first-order chi connectivity index (χ1) is 15.6. The minimum absolute atomic E-state index is 0.0414. The molecule has 0 bridgehead atoms. The number of nitrogens with one attached hydrogen (secondary N) is 1. The van der Waals surface area contributed by atoms with Gasteiger partial charge in [0, 0.05) is 50.2 Å². The number of carbonyl (C=O) groups is 2. The molecule has 4 rings (SSSR count). The number of hydrogen-bond acceptors (Lipinski definition) is 5. The molecule has 8 heteroatoms. The van der Waals surface area contributed by atoms with E-state index in [0.29, 0.717) is 18.7 Å². The Kier molecular flexibility index (Phi) is 6.81. The lowest BCUT2D eigenvalue weighted by Gasteiger charge is -2.35. The molecule has 32 heavy (non-hydrogen) atoms. The van der Waals surface area contributed by atoms with Crippen LogP contribution in [0.2, 0.25) is 0 Å². The zero-order chi connectivity index (χ0) is 22.3. The number of benzene rings is 2. The van der Waals surface area contributed by atoms with E-state index in [1.165, 1.54) is 0 Å². The van der Waals surface area contributed by atoms with Crippen molar-refractivity contribution in [3.05, 3.63) is 78.1 Å². The highest BCUT2D eigenvalue weighted by molar-refractivity contribution is 5.93. The average molecular weight is 433 g/mol. The Morgan fingerprint density at radius 3 is 2.34 bits per heavy atom. The van der Waals surface area contributed by atoms with Crippen molar-refractivity contribution in [2.24, 2.45) is 5.73 Å². The van der Waals surface area contributed by atoms with Crippen LogP contribution >= 0.6 is 0 Å². The summed E-state index contributed by atoms with van der Waals surface area (Å²) in [6, 6.07) is 17.3. The van der Waals surface area contributed by atoms with Gasteiger partial charge in [-0.05, 0) is 48.4 Å². The smallest absolute Gasteiger partial charge is 0.248 e. The van der Waals surface area contributed by atoms with E-state index in [1.54, 1.807) is 12.1 Å². The number of aromatic nitrogens is 2. The largest absolute Gasteiger partial charge is 0.369 e. The molecular weight excluding hydrogens is 404 g/mol. The molecule has 1 aromatic heterocycles. The maximum atomic E-state index is 12.4. The molecule has 8 nitrogen and oxygen atoms in total. The summed E-state index contributed by atoms with van der Waals surface area (Å²) in [5.74, 6) is -0.378. The Balaban J connectivity index is 1.17. The van der Waals surface area contributed by atoms with Gasteiger partial charge in [-0.3, -0.25) is 14.5 Å². The molecule has 0 atom stereocenters. The summed E-state index contributed by atoms with van der Waals surface area (Å²) in [5, 5.41) is 7.40. The molecule has 1 saturated heterocycles. The number of nitrogens with zero attached hydrogens (tertiary/aromatic N) is 4. The lowest BCUT2D eigenvalue weighted by molar-refractivity contribution is -0.122. The predicted molar refractivity (Wildman–Crippen MR) is 124 cm³/mol. The average Bonchev–Trinajstić information content (AvgIpc) is 3.29. The Bertz CT molecular complexity index is 1040. The summed E-state index contributed by atoms with van der Waals surface area (Å²) < 4.78 is 1.85. The second-order valence-corrected chi connectivity index (χ2v) is 7.90. The van der Waals surface area contributed by atoms with Crippen LogP contribution in [0.3, 0.4) is 0 Å². The van der Waals surface area contributed by atoms with E-state index in [4.69, 9.17) is 5.73 Å². The number of para-hydroxylation sites is 1. The normalized spacial score (nSPS) is 14.3. The van der Waals surface area contributed by atoms with Crippen molar-refractivity contribution in [2.45, 2.75) is 6.42 Å².